The zero-order chi connectivity index (χ0) is 16.3. The molecule has 1 saturated heterocycles. The molecule has 124 valence electrons. The summed E-state index contributed by atoms with van der Waals surface area (Å²) in [5.41, 5.74) is 0.855. The van der Waals surface area contributed by atoms with Crippen molar-refractivity contribution in [2.45, 2.75) is 37.7 Å². The first kappa shape index (κ1) is 16.9. The summed E-state index contributed by atoms with van der Waals surface area (Å²) in [6.07, 6.45) is 1.94. The number of likely N-dealkylation sites (N-methyl/N-ethyl adjacent to an activating group) is 1. The van der Waals surface area contributed by atoms with Gasteiger partial charge >= 0.3 is 0 Å². The molecule has 1 aromatic heterocycles. The third-order valence-electron chi connectivity index (χ3n) is 3.65. The predicted molar refractivity (Wildman–Crippen MR) is 79.9 cm³/mol. The van der Waals surface area contributed by atoms with Crippen LogP contribution in [-0.2, 0) is 19.6 Å². The zero-order valence-electron chi connectivity index (χ0n) is 13.0. The zero-order valence-corrected chi connectivity index (χ0v) is 13.9. The van der Waals surface area contributed by atoms with Crippen molar-refractivity contribution in [2.24, 2.45) is 0 Å². The molecule has 0 spiro atoms. The van der Waals surface area contributed by atoms with Gasteiger partial charge in [-0.3, -0.25) is 9.89 Å². The van der Waals surface area contributed by atoms with Crippen LogP contribution < -0.4 is 5.32 Å². The van der Waals surface area contributed by atoms with E-state index in [9.17, 15) is 13.2 Å². The molecule has 0 saturated carbocycles. The number of aromatic amines is 1. The molecule has 1 amide bonds. The summed E-state index contributed by atoms with van der Waals surface area (Å²) < 4.78 is 31.4. The Bertz CT molecular complexity index is 615. The van der Waals surface area contributed by atoms with E-state index in [0.29, 0.717) is 24.5 Å². The van der Waals surface area contributed by atoms with E-state index >= 15 is 0 Å². The maximum atomic E-state index is 12.5. The third kappa shape index (κ3) is 3.65. The van der Waals surface area contributed by atoms with Crippen LogP contribution in [-0.4, -0.2) is 61.7 Å². The van der Waals surface area contributed by atoms with E-state index < -0.39 is 10.0 Å². The number of rotatable bonds is 6. The lowest BCUT2D eigenvalue weighted by Gasteiger charge is -2.18. The minimum Gasteiger partial charge on any atom is -0.376 e. The van der Waals surface area contributed by atoms with Gasteiger partial charge in [0.2, 0.25) is 15.9 Å². The summed E-state index contributed by atoms with van der Waals surface area (Å²) in [5, 5.41) is 9.23. The van der Waals surface area contributed by atoms with E-state index in [0.717, 1.165) is 17.1 Å². The molecule has 2 N–H and O–H groups in total. The lowest BCUT2D eigenvalue weighted by atomic mass is 10.2. The number of aryl methyl sites for hydroxylation is 2. The summed E-state index contributed by atoms with van der Waals surface area (Å²) in [5.74, 6) is -0.347. The van der Waals surface area contributed by atoms with Gasteiger partial charge in [0.25, 0.3) is 0 Å². The molecule has 0 aromatic carbocycles. The van der Waals surface area contributed by atoms with Gasteiger partial charge in [-0.05, 0) is 26.7 Å². The smallest absolute Gasteiger partial charge is 0.246 e. The number of carbonyl (C=O) groups is 1. The molecule has 2 heterocycles. The fourth-order valence-electron chi connectivity index (χ4n) is 2.45. The number of amides is 1. The minimum atomic E-state index is -3.74. The van der Waals surface area contributed by atoms with E-state index in [1.807, 2.05) is 0 Å². The molecule has 0 radical (unpaired) electrons. The van der Waals surface area contributed by atoms with E-state index in [2.05, 4.69) is 15.5 Å². The molecule has 22 heavy (non-hydrogen) atoms. The Morgan fingerprint density at radius 1 is 1.50 bits per heavy atom. The van der Waals surface area contributed by atoms with Crippen LogP contribution in [0.3, 0.4) is 0 Å². The fourth-order valence-corrected chi connectivity index (χ4v) is 3.90. The minimum absolute atomic E-state index is 0.0317. The van der Waals surface area contributed by atoms with Crippen molar-refractivity contribution in [2.75, 3.05) is 26.7 Å². The van der Waals surface area contributed by atoms with Crippen molar-refractivity contribution in [1.82, 2.24) is 19.8 Å². The highest BCUT2D eigenvalue weighted by molar-refractivity contribution is 7.89. The highest BCUT2D eigenvalue weighted by atomic mass is 32.2. The van der Waals surface area contributed by atoms with Crippen LogP contribution in [0.2, 0.25) is 0 Å². The lowest BCUT2D eigenvalue weighted by molar-refractivity contribution is -0.121. The Balaban J connectivity index is 1.95. The van der Waals surface area contributed by atoms with Gasteiger partial charge in [-0.2, -0.15) is 9.40 Å². The van der Waals surface area contributed by atoms with Gasteiger partial charge in [0.05, 0.1) is 24.0 Å². The van der Waals surface area contributed by atoms with Gasteiger partial charge in [-0.1, -0.05) is 0 Å². The maximum Gasteiger partial charge on any atom is 0.246 e. The maximum absolute atomic E-state index is 12.5. The molecule has 1 aromatic rings. The van der Waals surface area contributed by atoms with Crippen LogP contribution in [0.1, 0.15) is 24.2 Å². The fraction of sp³-hybridized carbons (Fsp3) is 0.692. The highest BCUT2D eigenvalue weighted by Gasteiger charge is 2.28. The first-order valence-corrected chi connectivity index (χ1v) is 8.62. The molecule has 1 atom stereocenters. The topological polar surface area (TPSA) is 104 Å². The van der Waals surface area contributed by atoms with Crippen LogP contribution in [0.15, 0.2) is 4.90 Å². The SMILES string of the molecule is Cc1n[nH]c(C)c1S(=O)(=O)N(C)CC(=O)NCC1CCCO1. The van der Waals surface area contributed by atoms with E-state index in [4.69, 9.17) is 4.74 Å². The van der Waals surface area contributed by atoms with Crippen molar-refractivity contribution in [3.05, 3.63) is 11.4 Å². The Labute approximate surface area is 130 Å². The van der Waals surface area contributed by atoms with Crippen molar-refractivity contribution in [3.63, 3.8) is 0 Å². The number of aromatic nitrogens is 2. The lowest BCUT2D eigenvalue weighted by Crippen LogP contribution is -2.41. The first-order chi connectivity index (χ1) is 10.3. The molecule has 0 bridgehead atoms. The molecule has 9 heteroatoms. The van der Waals surface area contributed by atoms with Crippen molar-refractivity contribution in [1.29, 1.82) is 0 Å². The highest BCUT2D eigenvalue weighted by Crippen LogP contribution is 2.20. The van der Waals surface area contributed by atoms with Gasteiger partial charge in [0.15, 0.2) is 0 Å². The quantitative estimate of drug-likeness (QED) is 0.760. The van der Waals surface area contributed by atoms with Gasteiger partial charge < -0.3 is 10.1 Å². The van der Waals surface area contributed by atoms with Crippen LogP contribution >= 0.6 is 0 Å². The van der Waals surface area contributed by atoms with Crippen LogP contribution in [0.5, 0.6) is 0 Å². The van der Waals surface area contributed by atoms with Crippen molar-refractivity contribution in [3.8, 4) is 0 Å². The predicted octanol–water partition coefficient (Wildman–Crippen LogP) is -0.0578. The average Bonchev–Trinajstić information content (AvgIpc) is 3.06. The Morgan fingerprint density at radius 3 is 2.77 bits per heavy atom. The van der Waals surface area contributed by atoms with Gasteiger partial charge in [-0.25, -0.2) is 8.42 Å². The number of hydrogen-bond donors (Lipinski definition) is 2. The summed E-state index contributed by atoms with van der Waals surface area (Å²) in [7, 11) is -2.36. The number of H-pyrrole nitrogens is 1. The van der Waals surface area contributed by atoms with Crippen LogP contribution in [0, 0.1) is 13.8 Å². The van der Waals surface area contributed by atoms with Gasteiger partial charge in [0.1, 0.15) is 4.90 Å². The second-order valence-corrected chi connectivity index (χ2v) is 7.45. The molecule has 1 aliphatic rings. The number of nitrogens with zero attached hydrogens (tertiary/aromatic N) is 2. The first-order valence-electron chi connectivity index (χ1n) is 7.18. The van der Waals surface area contributed by atoms with E-state index in [1.54, 1.807) is 13.8 Å². The second kappa shape index (κ2) is 6.76. The third-order valence-corrected chi connectivity index (χ3v) is 5.71. The van der Waals surface area contributed by atoms with Gasteiger partial charge in [-0.15, -0.1) is 0 Å². The van der Waals surface area contributed by atoms with Crippen molar-refractivity contribution >= 4 is 15.9 Å². The summed E-state index contributed by atoms with van der Waals surface area (Å²) >= 11 is 0. The number of ether oxygens (including phenoxy) is 1. The number of nitrogens with one attached hydrogen (secondary N) is 2. The summed E-state index contributed by atoms with van der Waals surface area (Å²) in [4.78, 5) is 12.0. The molecule has 1 aliphatic heterocycles. The Kier molecular flexibility index (Phi) is 5.20. The van der Waals surface area contributed by atoms with Gasteiger partial charge in [0, 0.05) is 20.2 Å². The van der Waals surface area contributed by atoms with Crippen LogP contribution in [0.25, 0.3) is 0 Å². The molecule has 1 unspecified atom stereocenters. The molecule has 8 nitrogen and oxygen atoms in total. The second-order valence-electron chi connectivity index (χ2n) is 5.46. The molecular weight excluding hydrogens is 308 g/mol. The Hall–Kier alpha value is -1.45. The number of carbonyl (C=O) groups excluding carboxylic acids is 1. The normalized spacial score (nSPS) is 18.8. The number of hydrogen-bond acceptors (Lipinski definition) is 5. The largest absolute Gasteiger partial charge is 0.376 e. The monoisotopic (exact) mass is 330 g/mol. The van der Waals surface area contributed by atoms with Crippen molar-refractivity contribution < 1.29 is 17.9 Å². The molecule has 0 aliphatic carbocycles. The Morgan fingerprint density at radius 2 is 2.23 bits per heavy atom. The summed E-state index contributed by atoms with van der Waals surface area (Å²) in [6.45, 7) is 4.14. The number of sulfonamides is 1. The average molecular weight is 330 g/mol. The van der Waals surface area contributed by atoms with Crippen LogP contribution in [0.4, 0.5) is 0 Å². The molecule has 2 rings (SSSR count). The van der Waals surface area contributed by atoms with E-state index in [-0.39, 0.29) is 23.5 Å². The molecular formula is C13H22N4O4S. The summed E-state index contributed by atoms with van der Waals surface area (Å²) in [6, 6.07) is 0. The van der Waals surface area contributed by atoms with E-state index in [1.165, 1.54) is 7.05 Å². The standard InChI is InChI=1S/C13H22N4O4S/c1-9-13(10(2)16-15-9)22(19,20)17(3)8-12(18)14-7-11-5-4-6-21-11/h11H,4-8H2,1-3H3,(H,14,18)(H,15,16). The molecule has 1 fully saturated rings.